The van der Waals surface area contributed by atoms with Gasteiger partial charge in [-0.25, -0.2) is 5.43 Å². The molecule has 2 aromatic rings. The van der Waals surface area contributed by atoms with Gasteiger partial charge in [-0.1, -0.05) is 13.8 Å². The van der Waals surface area contributed by atoms with E-state index in [1.807, 2.05) is 19.9 Å². The minimum absolute atomic E-state index is 0.0577. The van der Waals surface area contributed by atoms with E-state index >= 15 is 0 Å². The van der Waals surface area contributed by atoms with Crippen molar-refractivity contribution in [2.45, 2.75) is 34.2 Å². The molecule has 1 N–H and O–H groups in total. The number of benzene rings is 1. The predicted molar refractivity (Wildman–Crippen MR) is 96.9 cm³/mol. The Balaban J connectivity index is 2.05. The number of rotatable bonds is 6. The number of nitro benzene ring substituents is 1. The third-order valence-electron chi connectivity index (χ3n) is 3.87. The average molecular weight is 342 g/mol. The highest BCUT2D eigenvalue weighted by Crippen LogP contribution is 2.15. The quantitative estimate of drug-likeness (QED) is 0.495. The maximum Gasteiger partial charge on any atom is 0.271 e. The second kappa shape index (κ2) is 7.74. The van der Waals surface area contributed by atoms with Crippen molar-refractivity contribution in [3.05, 3.63) is 63.0 Å². The molecular weight excluding hydrogens is 320 g/mol. The Morgan fingerprint density at radius 2 is 1.96 bits per heavy atom. The molecule has 132 valence electrons. The van der Waals surface area contributed by atoms with Gasteiger partial charge in [0.05, 0.1) is 11.1 Å². The Hall–Kier alpha value is -2.96. The third kappa shape index (κ3) is 4.53. The number of nitrogens with one attached hydrogen (secondary N) is 1. The van der Waals surface area contributed by atoms with Gasteiger partial charge in [-0.05, 0) is 38.0 Å². The van der Waals surface area contributed by atoms with Gasteiger partial charge in [-0.15, -0.1) is 0 Å². The molecule has 0 atom stereocenters. The van der Waals surface area contributed by atoms with Crippen LogP contribution in [-0.4, -0.2) is 21.6 Å². The van der Waals surface area contributed by atoms with Gasteiger partial charge < -0.3 is 4.57 Å². The molecule has 2 rings (SSSR count). The Labute approximate surface area is 146 Å². The highest BCUT2D eigenvalue weighted by Gasteiger charge is 2.10. The molecule has 0 aliphatic heterocycles. The smallest absolute Gasteiger partial charge is 0.271 e. The van der Waals surface area contributed by atoms with Gasteiger partial charge in [-0.3, -0.25) is 14.9 Å². The van der Waals surface area contributed by atoms with Crippen molar-refractivity contribution in [1.82, 2.24) is 9.99 Å². The highest BCUT2D eigenvalue weighted by molar-refractivity contribution is 5.95. The van der Waals surface area contributed by atoms with Crippen LogP contribution in [0.2, 0.25) is 0 Å². The zero-order valence-corrected chi connectivity index (χ0v) is 14.8. The van der Waals surface area contributed by atoms with E-state index in [2.05, 4.69) is 28.9 Å². The molecule has 0 fully saturated rings. The van der Waals surface area contributed by atoms with Crippen molar-refractivity contribution in [3.8, 4) is 0 Å². The van der Waals surface area contributed by atoms with Crippen molar-refractivity contribution < 1.29 is 9.72 Å². The van der Waals surface area contributed by atoms with Gasteiger partial charge in [0.15, 0.2) is 0 Å². The summed E-state index contributed by atoms with van der Waals surface area (Å²) in [7, 11) is 0. The van der Waals surface area contributed by atoms with Gasteiger partial charge in [0, 0.05) is 41.2 Å². The molecule has 0 aliphatic carbocycles. The van der Waals surface area contributed by atoms with E-state index in [1.165, 1.54) is 24.3 Å². The number of nitrogens with zero attached hydrogens (tertiary/aromatic N) is 3. The maximum absolute atomic E-state index is 12.0. The molecule has 0 radical (unpaired) electrons. The lowest BCUT2D eigenvalue weighted by molar-refractivity contribution is -0.384. The summed E-state index contributed by atoms with van der Waals surface area (Å²) in [5, 5.41) is 14.6. The first-order chi connectivity index (χ1) is 11.8. The molecule has 0 spiro atoms. The van der Waals surface area contributed by atoms with E-state index in [1.54, 1.807) is 6.21 Å². The number of nitro groups is 1. The molecular formula is C18H22N4O3. The van der Waals surface area contributed by atoms with Crippen LogP contribution in [0.5, 0.6) is 0 Å². The van der Waals surface area contributed by atoms with E-state index < -0.39 is 10.8 Å². The van der Waals surface area contributed by atoms with Crippen LogP contribution < -0.4 is 5.43 Å². The number of carbonyl (C=O) groups excluding carboxylic acids is 1. The summed E-state index contributed by atoms with van der Waals surface area (Å²) < 4.78 is 2.23. The zero-order chi connectivity index (χ0) is 18.6. The van der Waals surface area contributed by atoms with Crippen LogP contribution in [0.15, 0.2) is 35.4 Å². The number of hydrazone groups is 1. The summed E-state index contributed by atoms with van der Waals surface area (Å²) in [5.41, 5.74) is 5.89. The molecule has 1 aromatic heterocycles. The van der Waals surface area contributed by atoms with E-state index in [0.29, 0.717) is 11.5 Å². The van der Waals surface area contributed by atoms with Crippen LogP contribution in [0.1, 0.15) is 41.2 Å². The zero-order valence-electron chi connectivity index (χ0n) is 14.8. The second-order valence-electron chi connectivity index (χ2n) is 6.33. The van der Waals surface area contributed by atoms with Crippen molar-refractivity contribution in [3.63, 3.8) is 0 Å². The third-order valence-corrected chi connectivity index (χ3v) is 3.87. The minimum atomic E-state index is -0.507. The Morgan fingerprint density at radius 3 is 2.52 bits per heavy atom. The Kier molecular flexibility index (Phi) is 5.69. The Bertz CT molecular complexity index is 804. The van der Waals surface area contributed by atoms with Crippen LogP contribution in [0.3, 0.4) is 0 Å². The normalized spacial score (nSPS) is 11.2. The van der Waals surface area contributed by atoms with Crippen molar-refractivity contribution in [2.75, 3.05) is 0 Å². The molecule has 0 unspecified atom stereocenters. The monoisotopic (exact) mass is 342 g/mol. The lowest BCUT2D eigenvalue weighted by Gasteiger charge is -2.11. The number of hydrogen-bond acceptors (Lipinski definition) is 4. The molecule has 1 amide bonds. The molecule has 0 aliphatic rings. The molecule has 1 heterocycles. The topological polar surface area (TPSA) is 89.5 Å². The molecule has 25 heavy (non-hydrogen) atoms. The lowest BCUT2D eigenvalue weighted by Crippen LogP contribution is -2.17. The van der Waals surface area contributed by atoms with Crippen LogP contribution in [0, 0.1) is 29.9 Å². The number of aryl methyl sites for hydroxylation is 1. The van der Waals surface area contributed by atoms with E-state index in [0.717, 1.165) is 23.5 Å². The SMILES string of the molecule is Cc1cc(/C=N\NC(=O)c2ccc([N+](=O)[O-])cc2)c(C)n1CC(C)C. The second-order valence-corrected chi connectivity index (χ2v) is 6.33. The lowest BCUT2D eigenvalue weighted by atomic mass is 10.2. The maximum atomic E-state index is 12.0. The number of hydrogen-bond donors (Lipinski definition) is 1. The highest BCUT2D eigenvalue weighted by atomic mass is 16.6. The van der Waals surface area contributed by atoms with Gasteiger partial charge in [0.1, 0.15) is 0 Å². The van der Waals surface area contributed by atoms with Crippen molar-refractivity contribution in [2.24, 2.45) is 11.0 Å². The van der Waals surface area contributed by atoms with Gasteiger partial charge in [-0.2, -0.15) is 5.10 Å². The fraction of sp³-hybridized carbons (Fsp3) is 0.333. The van der Waals surface area contributed by atoms with E-state index in [-0.39, 0.29) is 5.69 Å². The minimum Gasteiger partial charge on any atom is -0.348 e. The summed E-state index contributed by atoms with van der Waals surface area (Å²) in [5.74, 6) is 0.124. The van der Waals surface area contributed by atoms with Crippen LogP contribution in [-0.2, 0) is 6.54 Å². The fourth-order valence-corrected chi connectivity index (χ4v) is 2.56. The van der Waals surface area contributed by atoms with E-state index in [4.69, 9.17) is 0 Å². The molecule has 7 heteroatoms. The molecule has 1 aromatic carbocycles. The first-order valence-electron chi connectivity index (χ1n) is 8.04. The van der Waals surface area contributed by atoms with Gasteiger partial charge in [0.25, 0.3) is 11.6 Å². The van der Waals surface area contributed by atoms with Crippen molar-refractivity contribution in [1.29, 1.82) is 0 Å². The largest absolute Gasteiger partial charge is 0.348 e. The number of non-ortho nitro benzene ring substituents is 1. The summed E-state index contributed by atoms with van der Waals surface area (Å²) >= 11 is 0. The summed E-state index contributed by atoms with van der Waals surface area (Å²) in [6.07, 6.45) is 1.61. The van der Waals surface area contributed by atoms with Crippen LogP contribution in [0.25, 0.3) is 0 Å². The number of amides is 1. The summed E-state index contributed by atoms with van der Waals surface area (Å²) in [6.45, 7) is 9.33. The summed E-state index contributed by atoms with van der Waals surface area (Å²) in [6, 6.07) is 7.41. The number of carbonyl (C=O) groups is 1. The average Bonchev–Trinajstić information content (AvgIpc) is 2.82. The summed E-state index contributed by atoms with van der Waals surface area (Å²) in [4.78, 5) is 22.1. The van der Waals surface area contributed by atoms with Gasteiger partial charge >= 0.3 is 0 Å². The van der Waals surface area contributed by atoms with Crippen LogP contribution >= 0.6 is 0 Å². The predicted octanol–water partition coefficient (Wildman–Crippen LogP) is 3.43. The standard InChI is InChI=1S/C18H22N4O3/c1-12(2)11-21-13(3)9-16(14(21)4)10-19-20-18(23)15-5-7-17(8-6-15)22(24)25/h5-10,12H,11H2,1-4H3,(H,20,23)/b19-10-. The molecule has 0 saturated heterocycles. The number of aromatic nitrogens is 1. The van der Waals surface area contributed by atoms with Crippen LogP contribution in [0.4, 0.5) is 5.69 Å². The molecule has 0 bridgehead atoms. The Morgan fingerprint density at radius 1 is 1.32 bits per heavy atom. The fourth-order valence-electron chi connectivity index (χ4n) is 2.56. The molecule has 7 nitrogen and oxygen atoms in total. The molecule has 0 saturated carbocycles. The van der Waals surface area contributed by atoms with Crippen molar-refractivity contribution >= 4 is 17.8 Å². The first kappa shape index (κ1) is 18.4. The van der Waals surface area contributed by atoms with E-state index in [9.17, 15) is 14.9 Å². The first-order valence-corrected chi connectivity index (χ1v) is 8.04. The van der Waals surface area contributed by atoms with Gasteiger partial charge in [0.2, 0.25) is 0 Å².